The van der Waals surface area contributed by atoms with E-state index >= 15 is 0 Å². The first-order valence-electron chi connectivity index (χ1n) is 9.04. The van der Waals surface area contributed by atoms with Crippen LogP contribution in [0.25, 0.3) is 0 Å². The highest BCUT2D eigenvalue weighted by molar-refractivity contribution is 7.90. The Kier molecular flexibility index (Phi) is 5.12. The Hall–Kier alpha value is -3.12. The van der Waals surface area contributed by atoms with Gasteiger partial charge in [0.15, 0.2) is 0 Å². The summed E-state index contributed by atoms with van der Waals surface area (Å²) < 4.78 is 32.6. The lowest BCUT2D eigenvalue weighted by molar-refractivity contribution is 0.306. The SMILES string of the molecule is O=S1(=O)NC(=NCCc2cccc(OCc3ccccc3)c2)c2ccccc21. The third-order valence-corrected chi connectivity index (χ3v) is 5.88. The number of ether oxygens (including phenoxy) is 1. The zero-order chi connectivity index (χ0) is 19.4. The molecule has 5 nitrogen and oxygen atoms in total. The van der Waals surface area contributed by atoms with Gasteiger partial charge in [-0.05, 0) is 41.8 Å². The molecule has 3 aromatic carbocycles. The number of sulfonamides is 1. The summed E-state index contributed by atoms with van der Waals surface area (Å²) in [5.41, 5.74) is 2.83. The molecule has 0 unspecified atom stereocenters. The summed E-state index contributed by atoms with van der Waals surface area (Å²) in [5, 5.41) is 0. The molecule has 1 N–H and O–H groups in total. The Morgan fingerprint density at radius 1 is 0.857 bits per heavy atom. The molecule has 0 saturated carbocycles. The molecule has 3 aromatic rings. The topological polar surface area (TPSA) is 67.8 Å². The molecule has 0 amide bonds. The van der Waals surface area contributed by atoms with Crippen molar-refractivity contribution in [2.75, 3.05) is 6.54 Å². The number of hydrogen-bond acceptors (Lipinski definition) is 4. The Balaban J connectivity index is 1.40. The standard InChI is InChI=1S/C22H20N2O3S/c25-28(26)21-12-5-4-11-20(21)22(24-28)23-14-13-17-9-6-10-19(15-17)27-16-18-7-2-1-3-8-18/h1-12,15H,13-14,16H2,(H,23,24). The molecule has 142 valence electrons. The van der Waals surface area contributed by atoms with Crippen molar-refractivity contribution in [3.63, 3.8) is 0 Å². The number of nitrogens with zero attached hydrogens (tertiary/aromatic N) is 1. The second-order valence-corrected chi connectivity index (χ2v) is 8.15. The average molecular weight is 392 g/mol. The van der Waals surface area contributed by atoms with Crippen molar-refractivity contribution in [1.29, 1.82) is 0 Å². The lowest BCUT2D eigenvalue weighted by Crippen LogP contribution is -2.22. The van der Waals surface area contributed by atoms with Crippen LogP contribution in [0.2, 0.25) is 0 Å². The fourth-order valence-corrected chi connectivity index (χ4v) is 4.33. The highest BCUT2D eigenvalue weighted by atomic mass is 32.2. The molecule has 0 spiro atoms. The molecule has 0 bridgehead atoms. The predicted octanol–water partition coefficient (Wildman–Crippen LogP) is 3.55. The van der Waals surface area contributed by atoms with Crippen LogP contribution in [0.5, 0.6) is 5.75 Å². The molecule has 4 rings (SSSR count). The van der Waals surface area contributed by atoms with Gasteiger partial charge in [-0.3, -0.25) is 9.71 Å². The smallest absolute Gasteiger partial charge is 0.263 e. The van der Waals surface area contributed by atoms with Crippen molar-refractivity contribution in [2.24, 2.45) is 4.99 Å². The maximum absolute atomic E-state index is 12.1. The molecule has 1 heterocycles. The van der Waals surface area contributed by atoms with Crippen LogP contribution in [0.3, 0.4) is 0 Å². The van der Waals surface area contributed by atoms with Crippen molar-refractivity contribution in [1.82, 2.24) is 4.72 Å². The van der Waals surface area contributed by atoms with Gasteiger partial charge >= 0.3 is 0 Å². The fraction of sp³-hybridized carbons (Fsp3) is 0.136. The van der Waals surface area contributed by atoms with Gasteiger partial charge in [0.25, 0.3) is 10.0 Å². The third-order valence-electron chi connectivity index (χ3n) is 4.48. The third kappa shape index (κ3) is 4.07. The lowest BCUT2D eigenvalue weighted by atomic mass is 10.1. The van der Waals surface area contributed by atoms with Gasteiger partial charge in [0.1, 0.15) is 18.2 Å². The number of aliphatic imine (C=N–C) groups is 1. The fourth-order valence-electron chi connectivity index (χ4n) is 3.08. The van der Waals surface area contributed by atoms with E-state index in [2.05, 4.69) is 9.71 Å². The van der Waals surface area contributed by atoms with E-state index in [4.69, 9.17) is 4.74 Å². The molecule has 0 atom stereocenters. The zero-order valence-electron chi connectivity index (χ0n) is 15.2. The van der Waals surface area contributed by atoms with Crippen molar-refractivity contribution in [3.05, 3.63) is 95.6 Å². The maximum atomic E-state index is 12.1. The van der Waals surface area contributed by atoms with Gasteiger partial charge < -0.3 is 4.74 Å². The van der Waals surface area contributed by atoms with Gasteiger partial charge in [0.2, 0.25) is 0 Å². The Bertz CT molecular complexity index is 1110. The number of rotatable bonds is 6. The van der Waals surface area contributed by atoms with Gasteiger partial charge in [-0.25, -0.2) is 8.42 Å². The van der Waals surface area contributed by atoms with Gasteiger partial charge in [0.05, 0.1) is 4.90 Å². The van der Waals surface area contributed by atoms with Crippen LogP contribution in [0.4, 0.5) is 0 Å². The second-order valence-electron chi connectivity index (χ2n) is 6.50. The van der Waals surface area contributed by atoms with Crippen LogP contribution in [0.15, 0.2) is 88.8 Å². The lowest BCUT2D eigenvalue weighted by Gasteiger charge is -2.08. The van der Waals surface area contributed by atoms with E-state index in [-0.39, 0.29) is 4.90 Å². The van der Waals surface area contributed by atoms with E-state index in [1.165, 1.54) is 0 Å². The molecule has 6 heteroatoms. The predicted molar refractivity (Wildman–Crippen MR) is 109 cm³/mol. The van der Waals surface area contributed by atoms with Crippen molar-refractivity contribution in [3.8, 4) is 5.75 Å². The highest BCUT2D eigenvalue weighted by Gasteiger charge is 2.29. The Labute approximate surface area is 164 Å². The van der Waals surface area contributed by atoms with Crippen LogP contribution >= 0.6 is 0 Å². The Morgan fingerprint density at radius 2 is 1.61 bits per heavy atom. The first-order chi connectivity index (χ1) is 13.6. The maximum Gasteiger partial charge on any atom is 0.263 e. The number of amidine groups is 1. The molecule has 0 aliphatic carbocycles. The summed E-state index contributed by atoms with van der Waals surface area (Å²) in [6.45, 7) is 0.999. The van der Waals surface area contributed by atoms with Crippen LogP contribution in [0, 0.1) is 0 Å². The van der Waals surface area contributed by atoms with Crippen LogP contribution < -0.4 is 9.46 Å². The summed E-state index contributed by atoms with van der Waals surface area (Å²) in [6.07, 6.45) is 0.690. The average Bonchev–Trinajstić information content (AvgIpc) is 2.98. The molecule has 0 aromatic heterocycles. The molecule has 0 saturated heterocycles. The first kappa shape index (κ1) is 18.3. The molecule has 1 aliphatic heterocycles. The minimum absolute atomic E-state index is 0.282. The second kappa shape index (κ2) is 7.86. The minimum atomic E-state index is -3.49. The van der Waals surface area contributed by atoms with E-state index in [0.29, 0.717) is 31.0 Å². The summed E-state index contributed by atoms with van der Waals surface area (Å²) in [7, 11) is -3.49. The first-order valence-corrected chi connectivity index (χ1v) is 10.5. The monoisotopic (exact) mass is 392 g/mol. The van der Waals surface area contributed by atoms with E-state index < -0.39 is 10.0 Å². The minimum Gasteiger partial charge on any atom is -0.489 e. The van der Waals surface area contributed by atoms with E-state index in [1.807, 2.05) is 60.7 Å². The van der Waals surface area contributed by atoms with Crippen molar-refractivity contribution < 1.29 is 13.2 Å². The van der Waals surface area contributed by atoms with Crippen LogP contribution in [0.1, 0.15) is 16.7 Å². The summed E-state index contributed by atoms with van der Waals surface area (Å²) in [5.74, 6) is 1.22. The molecular weight excluding hydrogens is 372 g/mol. The molecule has 1 aliphatic rings. The number of benzene rings is 3. The number of hydrogen-bond donors (Lipinski definition) is 1. The largest absolute Gasteiger partial charge is 0.489 e. The molecule has 0 radical (unpaired) electrons. The summed E-state index contributed by atoms with van der Waals surface area (Å²) in [4.78, 5) is 4.75. The van der Waals surface area contributed by atoms with E-state index in [1.54, 1.807) is 18.2 Å². The van der Waals surface area contributed by atoms with E-state index in [9.17, 15) is 8.42 Å². The van der Waals surface area contributed by atoms with Crippen molar-refractivity contribution in [2.45, 2.75) is 17.9 Å². The van der Waals surface area contributed by atoms with Gasteiger partial charge in [0, 0.05) is 12.1 Å². The zero-order valence-corrected chi connectivity index (χ0v) is 16.0. The van der Waals surface area contributed by atoms with Gasteiger partial charge in [-0.1, -0.05) is 54.6 Å². The van der Waals surface area contributed by atoms with Crippen LogP contribution in [-0.4, -0.2) is 20.8 Å². The van der Waals surface area contributed by atoms with Gasteiger partial charge in [-0.2, -0.15) is 0 Å². The highest BCUT2D eigenvalue weighted by Crippen LogP contribution is 2.22. The number of nitrogens with one attached hydrogen (secondary N) is 1. The van der Waals surface area contributed by atoms with Crippen LogP contribution in [-0.2, 0) is 23.1 Å². The van der Waals surface area contributed by atoms with Crippen molar-refractivity contribution >= 4 is 15.9 Å². The molecule has 0 fully saturated rings. The van der Waals surface area contributed by atoms with E-state index in [0.717, 1.165) is 16.9 Å². The summed E-state index contributed by atoms with van der Waals surface area (Å²) in [6, 6.07) is 24.8. The van der Waals surface area contributed by atoms with Gasteiger partial charge in [-0.15, -0.1) is 0 Å². The normalized spacial score (nSPS) is 15.8. The quantitative estimate of drug-likeness (QED) is 0.698. The molecular formula is C22H20N2O3S. The Morgan fingerprint density at radius 3 is 2.46 bits per heavy atom. The molecule has 28 heavy (non-hydrogen) atoms. The number of fused-ring (bicyclic) bond motifs is 1. The summed E-state index contributed by atoms with van der Waals surface area (Å²) >= 11 is 0.